The lowest BCUT2D eigenvalue weighted by molar-refractivity contribution is -0.384. The number of esters is 3. The van der Waals surface area contributed by atoms with Crippen LogP contribution in [0.5, 0.6) is 0 Å². The van der Waals surface area contributed by atoms with E-state index in [9.17, 15) is 29.3 Å². The van der Waals surface area contributed by atoms with Gasteiger partial charge in [0.1, 0.15) is 5.92 Å². The Hall–Kier alpha value is -3.56. The Kier molecular flexibility index (Phi) is 6.24. The number of hydrogen-bond acceptors (Lipinski definition) is 9. The lowest BCUT2D eigenvalue weighted by Gasteiger charge is -2.36. The Morgan fingerprint density at radius 1 is 0.964 bits per heavy atom. The van der Waals surface area contributed by atoms with E-state index in [1.165, 1.54) is 12.1 Å². The zero-order valence-electron chi connectivity index (χ0n) is 15.3. The van der Waals surface area contributed by atoms with Gasteiger partial charge in [-0.15, -0.1) is 0 Å². The summed E-state index contributed by atoms with van der Waals surface area (Å²) in [6.07, 6.45) is 0. The fourth-order valence-electron chi connectivity index (χ4n) is 2.96. The molecule has 10 nitrogen and oxygen atoms in total. The number of ether oxygens (including phenoxy) is 3. The van der Waals surface area contributed by atoms with Gasteiger partial charge in [-0.1, -0.05) is 0 Å². The molecule has 0 saturated carbocycles. The maximum absolute atomic E-state index is 12.9. The fourth-order valence-corrected chi connectivity index (χ4v) is 2.96. The topological polar surface area (TPSA) is 139 Å². The van der Waals surface area contributed by atoms with Crippen LogP contribution in [0.25, 0.3) is 0 Å². The van der Waals surface area contributed by atoms with Gasteiger partial charge in [0.25, 0.3) is 5.69 Å². The number of ketones is 1. The van der Waals surface area contributed by atoms with Gasteiger partial charge in [-0.25, -0.2) is 9.59 Å². The first-order valence-corrected chi connectivity index (χ1v) is 8.14. The summed E-state index contributed by atoms with van der Waals surface area (Å²) in [5.41, 5.74) is -0.790. The number of carbonyl (C=O) groups is 4. The Morgan fingerprint density at radius 2 is 1.54 bits per heavy atom. The molecule has 0 spiro atoms. The van der Waals surface area contributed by atoms with Crippen molar-refractivity contribution in [1.82, 2.24) is 0 Å². The molecule has 0 bridgehead atoms. The number of nitro groups is 1. The molecule has 1 aliphatic carbocycles. The second-order valence-electron chi connectivity index (χ2n) is 5.69. The van der Waals surface area contributed by atoms with E-state index in [2.05, 4.69) is 9.47 Å². The molecule has 2 atom stereocenters. The predicted octanol–water partition coefficient (Wildman–Crippen LogP) is 1.23. The third kappa shape index (κ3) is 3.61. The molecule has 0 amide bonds. The molecule has 0 fully saturated rings. The van der Waals surface area contributed by atoms with Crippen LogP contribution in [0, 0.1) is 22.0 Å². The maximum atomic E-state index is 12.9. The van der Waals surface area contributed by atoms with Crippen molar-refractivity contribution in [3.8, 4) is 0 Å². The molecule has 0 heterocycles. The molecular weight excluding hydrogens is 374 g/mol. The number of rotatable bonds is 7. The van der Waals surface area contributed by atoms with E-state index in [0.29, 0.717) is 0 Å². The molecule has 10 heteroatoms. The summed E-state index contributed by atoms with van der Waals surface area (Å²) in [4.78, 5) is 59.7. The highest BCUT2D eigenvalue weighted by atomic mass is 16.6. The van der Waals surface area contributed by atoms with Crippen LogP contribution < -0.4 is 0 Å². The van der Waals surface area contributed by atoms with Gasteiger partial charge < -0.3 is 14.2 Å². The van der Waals surface area contributed by atoms with Crippen molar-refractivity contribution >= 4 is 29.4 Å². The molecular formula is C18H17NO9. The van der Waals surface area contributed by atoms with E-state index in [4.69, 9.17) is 4.74 Å². The minimum absolute atomic E-state index is 0.0158. The molecule has 0 radical (unpaired) electrons. The molecule has 0 saturated heterocycles. The van der Waals surface area contributed by atoms with Crippen LogP contribution in [0.1, 0.15) is 17.3 Å². The summed E-state index contributed by atoms with van der Waals surface area (Å²) in [5, 5.41) is 10.8. The molecule has 0 unspecified atom stereocenters. The number of Topliss-reactive ketones (excluding diaryl/α,β-unsaturated/α-hetero) is 1. The molecule has 0 aliphatic heterocycles. The number of benzene rings is 1. The van der Waals surface area contributed by atoms with Gasteiger partial charge in [-0.3, -0.25) is 19.7 Å². The third-order valence-corrected chi connectivity index (χ3v) is 4.25. The van der Waals surface area contributed by atoms with E-state index >= 15 is 0 Å². The number of methoxy groups -OCH3 is 2. The first kappa shape index (κ1) is 20.7. The quantitative estimate of drug-likeness (QED) is 0.221. The van der Waals surface area contributed by atoms with Crippen molar-refractivity contribution in [2.45, 2.75) is 6.92 Å². The zero-order valence-corrected chi connectivity index (χ0v) is 15.3. The van der Waals surface area contributed by atoms with Gasteiger partial charge in [0, 0.05) is 17.7 Å². The Labute approximate surface area is 159 Å². The maximum Gasteiger partial charge on any atom is 0.335 e. The summed E-state index contributed by atoms with van der Waals surface area (Å²) in [6, 6.07) is 4.64. The summed E-state index contributed by atoms with van der Waals surface area (Å²) >= 11 is 0. The Bertz CT molecular complexity index is 870. The highest BCUT2D eigenvalue weighted by Crippen LogP contribution is 2.45. The molecule has 2 rings (SSSR count). The van der Waals surface area contributed by atoms with E-state index in [1.807, 2.05) is 0 Å². The lowest BCUT2D eigenvalue weighted by Crippen LogP contribution is -2.47. The standard InChI is InChI=1S/C18H17NO9/c1-4-28-18(23)13-11(12(16(21)26-2)14(13)17(22)27-3)15(20)9-5-7-10(8-6-9)19(24)25/h5-8,11-12H,4H2,1-3H3/t11-,12-/m0/s1. The van der Waals surface area contributed by atoms with E-state index in [0.717, 1.165) is 26.4 Å². The summed E-state index contributed by atoms with van der Waals surface area (Å²) < 4.78 is 14.2. The molecule has 0 aromatic heterocycles. The first-order chi connectivity index (χ1) is 13.3. The highest BCUT2D eigenvalue weighted by Gasteiger charge is 2.55. The fraction of sp³-hybridized carbons (Fsp3) is 0.333. The van der Waals surface area contributed by atoms with Crippen molar-refractivity contribution in [3.63, 3.8) is 0 Å². The van der Waals surface area contributed by atoms with E-state index < -0.39 is 40.5 Å². The minimum Gasteiger partial charge on any atom is -0.469 e. The summed E-state index contributed by atoms with van der Waals surface area (Å²) in [5.74, 6) is -6.13. The molecule has 0 N–H and O–H groups in total. The summed E-state index contributed by atoms with van der Waals surface area (Å²) in [6.45, 7) is 1.53. The lowest BCUT2D eigenvalue weighted by atomic mass is 9.64. The molecule has 1 aliphatic rings. The van der Waals surface area contributed by atoms with E-state index in [1.54, 1.807) is 6.92 Å². The van der Waals surface area contributed by atoms with Crippen molar-refractivity contribution in [2.75, 3.05) is 20.8 Å². The number of carbonyl (C=O) groups excluding carboxylic acids is 4. The smallest absolute Gasteiger partial charge is 0.335 e. The third-order valence-electron chi connectivity index (χ3n) is 4.25. The van der Waals surface area contributed by atoms with Gasteiger partial charge >= 0.3 is 17.9 Å². The number of nitro benzene ring substituents is 1. The van der Waals surface area contributed by atoms with Crippen molar-refractivity contribution in [1.29, 1.82) is 0 Å². The minimum atomic E-state index is -1.35. The second-order valence-corrected chi connectivity index (χ2v) is 5.69. The van der Waals surface area contributed by atoms with Crippen LogP contribution in [0.15, 0.2) is 35.4 Å². The Morgan fingerprint density at radius 3 is 2.00 bits per heavy atom. The number of non-ortho nitro benzene ring substituents is 1. The van der Waals surface area contributed by atoms with Gasteiger partial charge in [-0.05, 0) is 19.1 Å². The van der Waals surface area contributed by atoms with Gasteiger partial charge in [0.2, 0.25) is 0 Å². The van der Waals surface area contributed by atoms with E-state index in [-0.39, 0.29) is 29.0 Å². The predicted molar refractivity (Wildman–Crippen MR) is 92.1 cm³/mol. The molecule has 1 aromatic rings. The molecule has 28 heavy (non-hydrogen) atoms. The van der Waals surface area contributed by atoms with Crippen LogP contribution >= 0.6 is 0 Å². The van der Waals surface area contributed by atoms with Crippen LogP contribution in [0.4, 0.5) is 5.69 Å². The van der Waals surface area contributed by atoms with Gasteiger partial charge in [0.05, 0.1) is 42.8 Å². The van der Waals surface area contributed by atoms with Crippen LogP contribution in [0.3, 0.4) is 0 Å². The van der Waals surface area contributed by atoms with Gasteiger partial charge in [0.15, 0.2) is 5.78 Å². The van der Waals surface area contributed by atoms with Gasteiger partial charge in [-0.2, -0.15) is 0 Å². The largest absolute Gasteiger partial charge is 0.469 e. The summed E-state index contributed by atoms with van der Waals surface area (Å²) in [7, 11) is 2.14. The Balaban J connectivity index is 2.53. The van der Waals surface area contributed by atoms with Crippen LogP contribution in [-0.4, -0.2) is 49.4 Å². The average Bonchev–Trinajstić information content (AvgIpc) is 2.66. The monoisotopic (exact) mass is 391 g/mol. The number of hydrogen-bond donors (Lipinski definition) is 0. The molecule has 148 valence electrons. The SMILES string of the molecule is CCOC(=O)C1=C(C(=O)OC)[C@@H](C(=O)OC)[C@@H]1C(=O)c1ccc([N+](=O)[O-])cc1. The van der Waals surface area contributed by atoms with Crippen molar-refractivity contribution in [3.05, 3.63) is 51.1 Å². The number of nitrogens with zero attached hydrogens (tertiary/aromatic N) is 1. The van der Waals surface area contributed by atoms with Crippen molar-refractivity contribution < 1.29 is 38.3 Å². The van der Waals surface area contributed by atoms with Crippen molar-refractivity contribution in [2.24, 2.45) is 11.8 Å². The van der Waals surface area contributed by atoms with Crippen LogP contribution in [-0.2, 0) is 28.6 Å². The normalized spacial score (nSPS) is 18.0. The highest BCUT2D eigenvalue weighted by molar-refractivity contribution is 6.17. The second kappa shape index (κ2) is 8.42. The first-order valence-electron chi connectivity index (χ1n) is 8.14. The zero-order chi connectivity index (χ0) is 21.0. The average molecular weight is 391 g/mol. The molecule has 1 aromatic carbocycles. The van der Waals surface area contributed by atoms with Crippen LogP contribution in [0.2, 0.25) is 0 Å².